The molecule has 146 valence electrons. The minimum Gasteiger partial charge on any atom is -0.456 e. The van der Waals surface area contributed by atoms with Gasteiger partial charge in [-0.1, -0.05) is 17.7 Å². The van der Waals surface area contributed by atoms with E-state index in [1.165, 1.54) is 0 Å². The van der Waals surface area contributed by atoms with Gasteiger partial charge in [0.05, 0.1) is 5.36 Å². The van der Waals surface area contributed by atoms with Gasteiger partial charge >= 0.3 is 0 Å². The van der Waals surface area contributed by atoms with Gasteiger partial charge in [-0.2, -0.15) is 5.10 Å². The first-order valence-electron chi connectivity index (χ1n) is 9.32. The Bertz CT molecular complexity index is 1260. The van der Waals surface area contributed by atoms with E-state index in [0.717, 1.165) is 44.4 Å². The molecule has 4 rings (SSSR count). The summed E-state index contributed by atoms with van der Waals surface area (Å²) in [6.07, 6.45) is 0. The fourth-order valence-corrected chi connectivity index (χ4v) is 3.48. The molecule has 0 unspecified atom stereocenters. The number of aryl methyl sites for hydroxylation is 4. The Morgan fingerprint density at radius 2 is 1.59 bits per heavy atom. The fourth-order valence-electron chi connectivity index (χ4n) is 3.36. The van der Waals surface area contributed by atoms with E-state index in [4.69, 9.17) is 16.0 Å². The summed E-state index contributed by atoms with van der Waals surface area (Å²) in [5, 5.41) is 6.98. The average molecular weight is 405 g/mol. The van der Waals surface area contributed by atoms with Crippen LogP contribution >= 0.6 is 11.6 Å². The van der Waals surface area contributed by atoms with Gasteiger partial charge in [0, 0.05) is 33.4 Å². The van der Waals surface area contributed by atoms with E-state index in [1.54, 1.807) is 0 Å². The Hall–Kier alpha value is -3.18. The number of rotatable bonds is 3. The van der Waals surface area contributed by atoms with Crippen molar-refractivity contribution in [2.24, 2.45) is 5.10 Å². The Morgan fingerprint density at radius 1 is 0.897 bits per heavy atom. The number of nitrogens with one attached hydrogen (secondary N) is 1. The molecule has 0 amide bonds. The highest BCUT2D eigenvalue weighted by Gasteiger charge is 2.09. The summed E-state index contributed by atoms with van der Waals surface area (Å²) in [6.45, 7) is 7.96. The number of anilines is 1. The number of nitrogens with zero attached hydrogens (tertiary/aromatic N) is 3. The molecule has 0 aliphatic carbocycles. The molecular formula is C23H21ClN4O. The van der Waals surface area contributed by atoms with Crippen molar-refractivity contribution in [1.82, 2.24) is 9.97 Å². The summed E-state index contributed by atoms with van der Waals surface area (Å²) in [4.78, 5) is 8.80. The molecule has 2 aromatic carbocycles. The third-order valence-electron chi connectivity index (χ3n) is 4.56. The van der Waals surface area contributed by atoms with Crippen molar-refractivity contribution in [3.8, 4) is 11.3 Å². The molecule has 0 atom stereocenters. The van der Waals surface area contributed by atoms with Gasteiger partial charge < -0.3 is 4.42 Å². The van der Waals surface area contributed by atoms with E-state index < -0.39 is 0 Å². The van der Waals surface area contributed by atoms with E-state index in [0.29, 0.717) is 16.7 Å². The van der Waals surface area contributed by atoms with Gasteiger partial charge in [0.25, 0.3) is 0 Å². The average Bonchev–Trinajstić information content (AvgIpc) is 2.66. The molecule has 0 saturated heterocycles. The summed E-state index contributed by atoms with van der Waals surface area (Å²) in [7, 11) is 0. The standard InChI is InChI=1S/C23H21ClN4O/c1-13-9-14(2)22-19(10-13)20(27-28-23-25-15(3)11-16(4)26-23)12-21(29-22)17-5-7-18(24)8-6-17/h5-12H,1-4H3,(H,25,26,28). The van der Waals surface area contributed by atoms with Crippen LogP contribution in [0.15, 0.2) is 58.0 Å². The predicted octanol–water partition coefficient (Wildman–Crippen LogP) is 5.70. The van der Waals surface area contributed by atoms with Gasteiger partial charge in [0.15, 0.2) is 0 Å². The van der Waals surface area contributed by atoms with Crippen molar-refractivity contribution in [2.75, 3.05) is 5.43 Å². The zero-order valence-electron chi connectivity index (χ0n) is 16.7. The van der Waals surface area contributed by atoms with Crippen molar-refractivity contribution in [3.05, 3.63) is 81.4 Å². The number of benzene rings is 2. The predicted molar refractivity (Wildman–Crippen MR) is 117 cm³/mol. The Balaban J connectivity index is 1.91. The Kier molecular flexibility index (Phi) is 5.07. The van der Waals surface area contributed by atoms with Crippen molar-refractivity contribution in [3.63, 3.8) is 0 Å². The van der Waals surface area contributed by atoms with Crippen molar-refractivity contribution in [1.29, 1.82) is 0 Å². The molecule has 5 nitrogen and oxygen atoms in total. The van der Waals surface area contributed by atoms with Crippen LogP contribution in [0.3, 0.4) is 0 Å². The van der Waals surface area contributed by atoms with Gasteiger partial charge in [0.2, 0.25) is 5.95 Å². The van der Waals surface area contributed by atoms with Crippen LogP contribution < -0.4 is 10.8 Å². The van der Waals surface area contributed by atoms with E-state index in [9.17, 15) is 0 Å². The van der Waals surface area contributed by atoms with Gasteiger partial charge in [-0.25, -0.2) is 15.4 Å². The van der Waals surface area contributed by atoms with E-state index in [2.05, 4.69) is 39.6 Å². The molecule has 0 bridgehead atoms. The fraction of sp³-hybridized carbons (Fsp3) is 0.174. The van der Waals surface area contributed by atoms with Crippen molar-refractivity contribution < 1.29 is 4.42 Å². The van der Waals surface area contributed by atoms with Crippen molar-refractivity contribution >= 4 is 28.5 Å². The molecule has 2 heterocycles. The van der Waals surface area contributed by atoms with Crippen LogP contribution in [-0.2, 0) is 0 Å². The van der Waals surface area contributed by atoms with Crippen LogP contribution in [0.25, 0.3) is 22.3 Å². The number of hydrogen-bond donors (Lipinski definition) is 1. The summed E-state index contributed by atoms with van der Waals surface area (Å²) < 4.78 is 6.24. The zero-order valence-corrected chi connectivity index (χ0v) is 17.5. The number of halogens is 1. The summed E-state index contributed by atoms with van der Waals surface area (Å²) in [5.74, 6) is 1.18. The van der Waals surface area contributed by atoms with Crippen LogP contribution in [0.2, 0.25) is 5.02 Å². The third-order valence-corrected chi connectivity index (χ3v) is 4.81. The molecule has 0 fully saturated rings. The van der Waals surface area contributed by atoms with Crippen LogP contribution in [0.1, 0.15) is 22.5 Å². The second kappa shape index (κ2) is 7.68. The molecule has 29 heavy (non-hydrogen) atoms. The minimum absolute atomic E-state index is 0.467. The lowest BCUT2D eigenvalue weighted by molar-refractivity contribution is 0.615. The third kappa shape index (κ3) is 4.15. The quantitative estimate of drug-likeness (QED) is 0.444. The van der Waals surface area contributed by atoms with E-state index in [1.807, 2.05) is 57.2 Å². The van der Waals surface area contributed by atoms with Crippen LogP contribution in [0.4, 0.5) is 5.95 Å². The molecule has 0 spiro atoms. The Labute approximate surface area is 174 Å². The molecule has 1 N–H and O–H groups in total. The number of aromatic nitrogens is 2. The molecular weight excluding hydrogens is 384 g/mol. The largest absolute Gasteiger partial charge is 0.456 e. The molecule has 0 aliphatic rings. The zero-order chi connectivity index (χ0) is 20.5. The SMILES string of the molecule is Cc1cc(C)c2oc(-c3ccc(Cl)cc3)cc(=NNc3nc(C)cc(C)n3)c2c1. The highest BCUT2D eigenvalue weighted by molar-refractivity contribution is 6.30. The van der Waals surface area contributed by atoms with Crippen molar-refractivity contribution in [2.45, 2.75) is 27.7 Å². The monoisotopic (exact) mass is 404 g/mol. The molecule has 0 radical (unpaired) electrons. The first-order valence-corrected chi connectivity index (χ1v) is 9.70. The maximum Gasteiger partial charge on any atom is 0.243 e. The van der Waals surface area contributed by atoms with E-state index >= 15 is 0 Å². The Morgan fingerprint density at radius 3 is 2.28 bits per heavy atom. The smallest absolute Gasteiger partial charge is 0.243 e. The molecule has 0 saturated carbocycles. The minimum atomic E-state index is 0.467. The highest BCUT2D eigenvalue weighted by atomic mass is 35.5. The lowest BCUT2D eigenvalue weighted by atomic mass is 10.1. The van der Waals surface area contributed by atoms with Gasteiger partial charge in [-0.3, -0.25) is 0 Å². The molecule has 6 heteroatoms. The normalized spacial score (nSPS) is 11.8. The van der Waals surface area contributed by atoms with Crippen LogP contribution in [0, 0.1) is 27.7 Å². The van der Waals surface area contributed by atoms with Gasteiger partial charge in [-0.05, 0) is 75.2 Å². The van der Waals surface area contributed by atoms with Crippen LogP contribution in [0.5, 0.6) is 0 Å². The first-order chi connectivity index (χ1) is 13.9. The van der Waals surface area contributed by atoms with Gasteiger partial charge in [0.1, 0.15) is 11.3 Å². The number of fused-ring (bicyclic) bond motifs is 1. The van der Waals surface area contributed by atoms with E-state index in [-0.39, 0.29) is 0 Å². The second-order valence-corrected chi connectivity index (χ2v) is 7.60. The molecule has 0 aliphatic heterocycles. The van der Waals surface area contributed by atoms with Gasteiger partial charge in [-0.15, -0.1) is 0 Å². The second-order valence-electron chi connectivity index (χ2n) is 7.16. The lowest BCUT2D eigenvalue weighted by Crippen LogP contribution is -2.10. The summed E-state index contributed by atoms with van der Waals surface area (Å²) in [5.41, 5.74) is 8.69. The maximum absolute atomic E-state index is 6.24. The highest BCUT2D eigenvalue weighted by Crippen LogP contribution is 2.26. The number of hydrogen-bond acceptors (Lipinski definition) is 5. The molecule has 4 aromatic rings. The summed E-state index contributed by atoms with van der Waals surface area (Å²) in [6, 6.07) is 15.6. The lowest BCUT2D eigenvalue weighted by Gasteiger charge is -2.09. The topological polar surface area (TPSA) is 63.3 Å². The maximum atomic E-state index is 6.24. The molecule has 2 aromatic heterocycles. The van der Waals surface area contributed by atoms with Crippen LogP contribution in [-0.4, -0.2) is 9.97 Å². The summed E-state index contributed by atoms with van der Waals surface area (Å²) >= 11 is 6.04. The first kappa shape index (κ1) is 19.2.